The van der Waals surface area contributed by atoms with Crippen molar-refractivity contribution < 1.29 is 18.1 Å². The second-order valence-corrected chi connectivity index (χ2v) is 4.34. The lowest BCUT2D eigenvalue weighted by Gasteiger charge is -2.20. The topological polar surface area (TPSA) is 121 Å². The number of benzene rings is 1. The number of aromatic nitrogens is 2. The summed E-state index contributed by atoms with van der Waals surface area (Å²) in [5.74, 6) is -3.61. The molecule has 0 saturated carbocycles. The molecule has 22 heavy (non-hydrogen) atoms. The van der Waals surface area contributed by atoms with Gasteiger partial charge < -0.3 is 11.5 Å². The number of nitro groups is 1. The van der Waals surface area contributed by atoms with Crippen LogP contribution in [0.1, 0.15) is 17.2 Å². The minimum atomic E-state index is -4.82. The van der Waals surface area contributed by atoms with Crippen molar-refractivity contribution in [1.82, 2.24) is 9.97 Å². The number of hydrogen-bond donors (Lipinski definition) is 2. The lowest BCUT2D eigenvalue weighted by molar-refractivity contribution is -0.385. The summed E-state index contributed by atoms with van der Waals surface area (Å²) >= 11 is 0. The number of nitrogen functional groups attached to an aromatic ring is 2. The van der Waals surface area contributed by atoms with Gasteiger partial charge in [-0.15, -0.1) is 0 Å². The number of nitrogens with zero attached hydrogens (tertiary/aromatic N) is 3. The molecule has 4 N–H and O–H groups in total. The van der Waals surface area contributed by atoms with Crippen molar-refractivity contribution in [3.8, 4) is 0 Å². The Morgan fingerprint density at radius 2 is 1.73 bits per heavy atom. The lowest BCUT2D eigenvalue weighted by atomic mass is 9.93. The molecular weight excluding hydrogens is 303 g/mol. The van der Waals surface area contributed by atoms with Gasteiger partial charge in [0, 0.05) is 0 Å². The van der Waals surface area contributed by atoms with Crippen molar-refractivity contribution >= 4 is 17.5 Å². The van der Waals surface area contributed by atoms with Gasteiger partial charge in [0.2, 0.25) is 11.8 Å². The summed E-state index contributed by atoms with van der Waals surface area (Å²) in [6, 6.07) is 6.67. The summed E-state index contributed by atoms with van der Waals surface area (Å²) in [5, 5.41) is 11.1. The molecule has 0 aliphatic carbocycles. The van der Waals surface area contributed by atoms with Crippen molar-refractivity contribution in [2.45, 2.75) is 12.1 Å². The third-order valence-electron chi connectivity index (χ3n) is 2.87. The molecule has 0 saturated heterocycles. The molecule has 1 atom stereocenters. The zero-order valence-electron chi connectivity index (χ0n) is 10.9. The molecule has 0 aliphatic rings. The molecule has 0 spiro atoms. The standard InChI is InChI=1S/C12H10F3N5O2/c13-12(14,15)7(6-4-2-1-3-5-6)8-9(20(21)22)10(16)19-11(17)18-8/h1-5,7H,(H4,16,17,18,19). The Balaban J connectivity index is 2.76. The van der Waals surface area contributed by atoms with Crippen molar-refractivity contribution in [2.75, 3.05) is 11.5 Å². The third-order valence-corrected chi connectivity index (χ3v) is 2.87. The van der Waals surface area contributed by atoms with Gasteiger partial charge in [0.15, 0.2) is 0 Å². The molecule has 10 heteroatoms. The molecule has 0 amide bonds. The Morgan fingerprint density at radius 1 is 1.14 bits per heavy atom. The predicted molar refractivity (Wildman–Crippen MR) is 71.9 cm³/mol. The molecule has 1 heterocycles. The van der Waals surface area contributed by atoms with Gasteiger partial charge in [-0.05, 0) is 5.56 Å². The fourth-order valence-electron chi connectivity index (χ4n) is 2.04. The Morgan fingerprint density at radius 3 is 2.23 bits per heavy atom. The highest BCUT2D eigenvalue weighted by molar-refractivity contribution is 5.60. The van der Waals surface area contributed by atoms with Crippen LogP contribution >= 0.6 is 0 Å². The lowest BCUT2D eigenvalue weighted by Crippen LogP contribution is -2.25. The Kier molecular flexibility index (Phi) is 3.85. The smallest absolute Gasteiger partial charge is 0.378 e. The molecule has 7 nitrogen and oxygen atoms in total. The maximum atomic E-state index is 13.4. The van der Waals surface area contributed by atoms with E-state index in [0.29, 0.717) is 0 Å². The molecular formula is C12H10F3N5O2. The van der Waals surface area contributed by atoms with E-state index in [9.17, 15) is 23.3 Å². The minimum absolute atomic E-state index is 0.212. The van der Waals surface area contributed by atoms with Gasteiger partial charge in [-0.25, -0.2) is 4.98 Å². The van der Waals surface area contributed by atoms with Crippen LogP contribution in [0.2, 0.25) is 0 Å². The van der Waals surface area contributed by atoms with E-state index in [2.05, 4.69) is 9.97 Å². The summed E-state index contributed by atoms with van der Waals surface area (Å²) in [4.78, 5) is 16.8. The first kappa shape index (κ1) is 15.5. The van der Waals surface area contributed by atoms with Crippen LogP contribution < -0.4 is 11.5 Å². The zero-order valence-corrected chi connectivity index (χ0v) is 10.9. The number of anilines is 2. The molecule has 0 fully saturated rings. The molecule has 0 radical (unpaired) electrons. The fraction of sp³-hybridized carbons (Fsp3) is 0.167. The van der Waals surface area contributed by atoms with Crippen LogP contribution in [0.15, 0.2) is 30.3 Å². The molecule has 1 aromatic heterocycles. The highest BCUT2D eigenvalue weighted by atomic mass is 19.4. The van der Waals surface area contributed by atoms with Gasteiger partial charge in [-0.2, -0.15) is 18.2 Å². The second-order valence-electron chi connectivity index (χ2n) is 4.34. The van der Waals surface area contributed by atoms with E-state index in [1.54, 1.807) is 0 Å². The summed E-state index contributed by atoms with van der Waals surface area (Å²) < 4.78 is 40.3. The number of nitrogens with two attached hydrogens (primary N) is 2. The Labute approximate surface area is 121 Å². The Bertz CT molecular complexity index is 706. The number of alkyl halides is 3. The number of rotatable bonds is 3. The molecule has 1 aromatic carbocycles. The van der Waals surface area contributed by atoms with E-state index in [-0.39, 0.29) is 5.56 Å². The average Bonchev–Trinajstić information content (AvgIpc) is 2.37. The first-order valence-corrected chi connectivity index (χ1v) is 5.90. The van der Waals surface area contributed by atoms with E-state index in [4.69, 9.17) is 11.5 Å². The van der Waals surface area contributed by atoms with Gasteiger partial charge in [-0.3, -0.25) is 10.1 Å². The van der Waals surface area contributed by atoms with Gasteiger partial charge >= 0.3 is 11.9 Å². The fourth-order valence-corrected chi connectivity index (χ4v) is 2.04. The highest BCUT2D eigenvalue weighted by Crippen LogP contribution is 2.43. The molecule has 1 unspecified atom stereocenters. The van der Waals surface area contributed by atoms with E-state index >= 15 is 0 Å². The molecule has 2 aromatic rings. The summed E-state index contributed by atoms with van der Waals surface area (Å²) in [6.45, 7) is 0. The van der Waals surface area contributed by atoms with E-state index in [0.717, 1.165) is 0 Å². The first-order chi connectivity index (χ1) is 10.2. The average molecular weight is 313 g/mol. The van der Waals surface area contributed by atoms with Crippen LogP contribution in [0.4, 0.5) is 30.6 Å². The van der Waals surface area contributed by atoms with Crippen LogP contribution in [0.5, 0.6) is 0 Å². The van der Waals surface area contributed by atoms with Gasteiger partial charge in [0.05, 0.1) is 4.92 Å². The largest absolute Gasteiger partial charge is 0.401 e. The van der Waals surface area contributed by atoms with Crippen LogP contribution in [-0.4, -0.2) is 21.1 Å². The molecule has 0 bridgehead atoms. The number of halogens is 3. The van der Waals surface area contributed by atoms with Gasteiger partial charge in [0.1, 0.15) is 11.6 Å². The van der Waals surface area contributed by atoms with Crippen molar-refractivity contribution in [3.05, 3.63) is 51.7 Å². The summed E-state index contributed by atoms with van der Waals surface area (Å²) in [7, 11) is 0. The SMILES string of the molecule is Nc1nc(N)c([N+](=O)[O-])c(C(c2ccccc2)C(F)(F)F)n1. The summed E-state index contributed by atoms with van der Waals surface area (Å²) in [5.41, 5.74) is 8.54. The minimum Gasteiger partial charge on any atom is -0.378 e. The molecule has 2 rings (SSSR count). The maximum Gasteiger partial charge on any atom is 0.401 e. The van der Waals surface area contributed by atoms with Gasteiger partial charge in [-0.1, -0.05) is 30.3 Å². The normalized spacial score (nSPS) is 12.9. The molecule has 0 aliphatic heterocycles. The highest BCUT2D eigenvalue weighted by Gasteiger charge is 2.47. The van der Waals surface area contributed by atoms with Crippen molar-refractivity contribution in [1.29, 1.82) is 0 Å². The van der Waals surface area contributed by atoms with Crippen LogP contribution in [0, 0.1) is 10.1 Å². The quantitative estimate of drug-likeness (QED) is 0.662. The first-order valence-electron chi connectivity index (χ1n) is 5.90. The second kappa shape index (κ2) is 5.47. The van der Waals surface area contributed by atoms with Crippen LogP contribution in [0.25, 0.3) is 0 Å². The maximum absolute atomic E-state index is 13.4. The van der Waals surface area contributed by atoms with E-state index in [1.165, 1.54) is 30.3 Å². The third kappa shape index (κ3) is 2.90. The van der Waals surface area contributed by atoms with E-state index < -0.39 is 40.2 Å². The van der Waals surface area contributed by atoms with Crippen LogP contribution in [-0.2, 0) is 0 Å². The molecule has 116 valence electrons. The Hall–Kier alpha value is -2.91. The predicted octanol–water partition coefficient (Wildman–Crippen LogP) is 2.24. The van der Waals surface area contributed by atoms with Crippen molar-refractivity contribution in [2.24, 2.45) is 0 Å². The van der Waals surface area contributed by atoms with Gasteiger partial charge in [0.25, 0.3) is 0 Å². The summed E-state index contributed by atoms with van der Waals surface area (Å²) in [6.07, 6.45) is -4.82. The number of hydrogen-bond acceptors (Lipinski definition) is 6. The van der Waals surface area contributed by atoms with Crippen LogP contribution in [0.3, 0.4) is 0 Å². The zero-order chi connectivity index (χ0) is 16.5. The van der Waals surface area contributed by atoms with E-state index in [1.807, 2.05) is 0 Å². The van der Waals surface area contributed by atoms with Crippen molar-refractivity contribution in [3.63, 3.8) is 0 Å². The monoisotopic (exact) mass is 313 g/mol.